The maximum Gasteiger partial charge on any atom is 0.284 e. The molecule has 0 fully saturated rings. The van der Waals surface area contributed by atoms with Gasteiger partial charge < -0.3 is 0 Å². The molecule has 0 aliphatic carbocycles. The van der Waals surface area contributed by atoms with Crippen LogP contribution in [0.4, 0.5) is 5.69 Å². The molecule has 4 rings (SSSR count). The summed E-state index contributed by atoms with van der Waals surface area (Å²) in [5.41, 5.74) is 2.15. The summed E-state index contributed by atoms with van der Waals surface area (Å²) in [4.78, 5) is 10.7. The Morgan fingerprint density at radius 2 is 1.89 bits per heavy atom. The summed E-state index contributed by atoms with van der Waals surface area (Å²) < 4.78 is 24.8. The average Bonchev–Trinajstić information content (AvgIpc) is 3.04. The van der Waals surface area contributed by atoms with Gasteiger partial charge in [0, 0.05) is 11.5 Å². The number of benzene rings is 2. The Hall–Kier alpha value is -3.02. The fraction of sp³-hybridized carbons (Fsp3) is 0.0588. The fourth-order valence-corrected chi connectivity index (χ4v) is 4.41. The predicted molar refractivity (Wildman–Crippen MR) is 104 cm³/mol. The SMILES string of the molecule is Cc1cc2nnc(Sc3ccc(S(N)(=O)=O)cc3[N+](=O)[O-])n2c2ccccc12. The number of hydrogen-bond acceptors (Lipinski definition) is 7. The molecule has 2 aromatic heterocycles. The molecular formula is C17H13N5O4S2. The number of primary sulfonamides is 1. The van der Waals surface area contributed by atoms with E-state index < -0.39 is 14.9 Å². The first-order valence-electron chi connectivity index (χ1n) is 7.98. The molecule has 0 amide bonds. The summed E-state index contributed by atoms with van der Waals surface area (Å²) in [5, 5.41) is 26.3. The zero-order chi connectivity index (χ0) is 20.1. The summed E-state index contributed by atoms with van der Waals surface area (Å²) in [6.45, 7) is 1.97. The van der Waals surface area contributed by atoms with Crippen molar-refractivity contribution in [3.05, 3.63) is 64.2 Å². The summed E-state index contributed by atoms with van der Waals surface area (Å²) in [6.07, 6.45) is 0. The number of nitro groups is 1. The van der Waals surface area contributed by atoms with Crippen molar-refractivity contribution in [2.75, 3.05) is 0 Å². The molecule has 0 saturated carbocycles. The van der Waals surface area contributed by atoms with Crippen molar-refractivity contribution < 1.29 is 13.3 Å². The van der Waals surface area contributed by atoms with Crippen molar-refractivity contribution in [3.63, 3.8) is 0 Å². The Morgan fingerprint density at radius 1 is 1.14 bits per heavy atom. The molecule has 2 aromatic carbocycles. The molecular weight excluding hydrogens is 402 g/mol. The third-order valence-corrected chi connectivity index (χ3v) is 6.15. The van der Waals surface area contributed by atoms with Gasteiger partial charge >= 0.3 is 0 Å². The second-order valence-electron chi connectivity index (χ2n) is 6.05. The number of pyridine rings is 1. The maximum absolute atomic E-state index is 11.5. The summed E-state index contributed by atoms with van der Waals surface area (Å²) >= 11 is 1.03. The molecule has 142 valence electrons. The third-order valence-electron chi connectivity index (χ3n) is 4.23. The van der Waals surface area contributed by atoms with Crippen LogP contribution in [-0.4, -0.2) is 27.9 Å². The standard InChI is InChI=1S/C17H13N5O4S2/c1-10-8-16-19-20-17(21(16)13-5-3-2-4-12(10)13)27-15-7-6-11(28(18,25)26)9-14(15)22(23)24/h2-9H,1H3,(H2,18,25,26). The third kappa shape index (κ3) is 3.09. The molecule has 4 aromatic rings. The lowest BCUT2D eigenvalue weighted by Gasteiger charge is -2.08. The van der Waals surface area contributed by atoms with E-state index in [9.17, 15) is 18.5 Å². The zero-order valence-corrected chi connectivity index (χ0v) is 16.1. The number of sulfonamides is 1. The van der Waals surface area contributed by atoms with Crippen LogP contribution in [0.5, 0.6) is 0 Å². The number of hydrogen-bond donors (Lipinski definition) is 1. The van der Waals surface area contributed by atoms with Crippen LogP contribution in [0, 0.1) is 17.0 Å². The van der Waals surface area contributed by atoms with Crippen LogP contribution in [0.2, 0.25) is 0 Å². The predicted octanol–water partition coefficient (Wildman–Crippen LogP) is 2.90. The molecule has 0 spiro atoms. The van der Waals surface area contributed by atoms with E-state index in [1.165, 1.54) is 12.1 Å². The molecule has 0 unspecified atom stereocenters. The Labute approximate surface area is 163 Å². The normalized spacial score (nSPS) is 11.9. The minimum Gasteiger partial charge on any atom is -0.270 e. The lowest BCUT2D eigenvalue weighted by atomic mass is 10.1. The van der Waals surface area contributed by atoms with Gasteiger partial charge in [-0.15, -0.1) is 10.2 Å². The van der Waals surface area contributed by atoms with E-state index in [1.54, 1.807) is 0 Å². The average molecular weight is 415 g/mol. The highest BCUT2D eigenvalue weighted by atomic mass is 32.2. The molecule has 9 nitrogen and oxygen atoms in total. The van der Waals surface area contributed by atoms with Crippen molar-refractivity contribution in [2.24, 2.45) is 5.14 Å². The van der Waals surface area contributed by atoms with Gasteiger partial charge in [-0.2, -0.15) is 0 Å². The van der Waals surface area contributed by atoms with Crippen molar-refractivity contribution >= 4 is 44.0 Å². The van der Waals surface area contributed by atoms with Gasteiger partial charge in [0.05, 0.1) is 20.2 Å². The van der Waals surface area contributed by atoms with Crippen molar-refractivity contribution in [3.8, 4) is 0 Å². The second kappa shape index (κ2) is 6.55. The molecule has 2 N–H and O–H groups in total. The van der Waals surface area contributed by atoms with Crippen molar-refractivity contribution in [1.29, 1.82) is 0 Å². The minimum atomic E-state index is -4.05. The number of rotatable bonds is 4. The smallest absolute Gasteiger partial charge is 0.270 e. The molecule has 2 heterocycles. The van der Waals surface area contributed by atoms with Crippen LogP contribution in [0.15, 0.2) is 63.5 Å². The Bertz CT molecular complexity index is 1360. The van der Waals surface area contributed by atoms with Gasteiger partial charge in [-0.25, -0.2) is 13.6 Å². The lowest BCUT2D eigenvalue weighted by Crippen LogP contribution is -2.12. The largest absolute Gasteiger partial charge is 0.284 e. The number of aryl methyl sites for hydroxylation is 1. The van der Waals surface area contributed by atoms with Gasteiger partial charge in [0.2, 0.25) is 15.2 Å². The van der Waals surface area contributed by atoms with E-state index in [1.807, 2.05) is 41.7 Å². The first-order valence-corrected chi connectivity index (χ1v) is 10.3. The highest BCUT2D eigenvalue weighted by Crippen LogP contribution is 2.36. The highest BCUT2D eigenvalue weighted by molar-refractivity contribution is 7.99. The van der Waals surface area contributed by atoms with Crippen LogP contribution in [0.3, 0.4) is 0 Å². The van der Waals surface area contributed by atoms with Gasteiger partial charge in [-0.05, 0) is 48.5 Å². The minimum absolute atomic E-state index is 0.233. The topological polar surface area (TPSA) is 133 Å². The van der Waals surface area contributed by atoms with E-state index in [-0.39, 0.29) is 15.5 Å². The van der Waals surface area contributed by atoms with Crippen LogP contribution in [0.25, 0.3) is 16.6 Å². The Kier molecular flexibility index (Phi) is 4.29. The number of nitrogens with two attached hydrogens (primary N) is 1. The number of nitrogens with zero attached hydrogens (tertiary/aromatic N) is 4. The van der Waals surface area contributed by atoms with E-state index in [0.717, 1.165) is 34.3 Å². The van der Waals surface area contributed by atoms with Crippen LogP contribution in [0.1, 0.15) is 5.56 Å². The molecule has 0 radical (unpaired) electrons. The van der Waals surface area contributed by atoms with Gasteiger partial charge in [0.1, 0.15) is 0 Å². The highest BCUT2D eigenvalue weighted by Gasteiger charge is 2.22. The summed E-state index contributed by atoms with van der Waals surface area (Å²) in [5.74, 6) is 0. The van der Waals surface area contributed by atoms with Crippen molar-refractivity contribution in [1.82, 2.24) is 14.6 Å². The maximum atomic E-state index is 11.5. The van der Waals surface area contributed by atoms with Crippen LogP contribution in [-0.2, 0) is 10.0 Å². The van der Waals surface area contributed by atoms with E-state index in [0.29, 0.717) is 10.8 Å². The summed E-state index contributed by atoms with van der Waals surface area (Å²) in [6, 6.07) is 13.1. The van der Waals surface area contributed by atoms with Crippen molar-refractivity contribution in [2.45, 2.75) is 21.9 Å². The lowest BCUT2D eigenvalue weighted by molar-refractivity contribution is -0.388. The van der Waals surface area contributed by atoms with E-state index >= 15 is 0 Å². The molecule has 0 bridgehead atoms. The molecule has 0 aliphatic heterocycles. The zero-order valence-electron chi connectivity index (χ0n) is 14.4. The van der Waals surface area contributed by atoms with Gasteiger partial charge in [-0.3, -0.25) is 14.5 Å². The summed E-state index contributed by atoms with van der Waals surface area (Å²) in [7, 11) is -4.05. The number of para-hydroxylation sites is 1. The fourth-order valence-electron chi connectivity index (χ4n) is 2.94. The first kappa shape index (κ1) is 18.3. The van der Waals surface area contributed by atoms with Crippen LogP contribution >= 0.6 is 11.8 Å². The number of aromatic nitrogens is 3. The number of fused-ring (bicyclic) bond motifs is 3. The number of nitro benzene ring substituents is 1. The second-order valence-corrected chi connectivity index (χ2v) is 8.62. The Morgan fingerprint density at radius 3 is 2.61 bits per heavy atom. The first-order chi connectivity index (χ1) is 13.3. The Balaban J connectivity index is 1.90. The molecule has 11 heteroatoms. The molecule has 28 heavy (non-hydrogen) atoms. The molecule has 0 atom stereocenters. The quantitative estimate of drug-likeness (QED) is 0.400. The van der Waals surface area contributed by atoms with E-state index in [4.69, 9.17) is 5.14 Å². The van der Waals surface area contributed by atoms with Gasteiger partial charge in [-0.1, -0.05) is 18.2 Å². The van der Waals surface area contributed by atoms with Gasteiger partial charge in [0.25, 0.3) is 5.69 Å². The van der Waals surface area contributed by atoms with Gasteiger partial charge in [0.15, 0.2) is 5.65 Å². The van der Waals surface area contributed by atoms with Crippen LogP contribution < -0.4 is 5.14 Å². The van der Waals surface area contributed by atoms with E-state index in [2.05, 4.69) is 10.2 Å². The monoisotopic (exact) mass is 415 g/mol. The molecule has 0 saturated heterocycles. The molecule has 0 aliphatic rings.